The van der Waals surface area contributed by atoms with Crippen molar-refractivity contribution in [2.24, 2.45) is 0 Å². The maximum Gasteiger partial charge on any atom is 0.335 e. The molecule has 0 fully saturated rings. The summed E-state index contributed by atoms with van der Waals surface area (Å²) in [5.41, 5.74) is 2.94. The summed E-state index contributed by atoms with van der Waals surface area (Å²) in [7, 11) is 3.12. The minimum absolute atomic E-state index is 0.173. The quantitative estimate of drug-likeness (QED) is 0.385. The summed E-state index contributed by atoms with van der Waals surface area (Å²) in [5.74, 6) is -0.534. The molecule has 0 spiro atoms. The Hall–Kier alpha value is -2.97. The fourth-order valence-corrected chi connectivity index (χ4v) is 3.94. The summed E-state index contributed by atoms with van der Waals surface area (Å²) in [6.45, 7) is 0. The third kappa shape index (κ3) is 4.85. The van der Waals surface area contributed by atoms with Gasteiger partial charge < -0.3 is 19.3 Å². The van der Waals surface area contributed by atoms with Gasteiger partial charge in [0, 0.05) is 22.9 Å². The molecular weight excluding hydrogens is 396 g/mol. The van der Waals surface area contributed by atoms with E-state index in [9.17, 15) is 4.79 Å². The molecule has 3 aromatic rings. The normalized spacial score (nSPS) is 10.8. The average molecular weight is 415 g/mol. The number of rotatable bonds is 8. The van der Waals surface area contributed by atoms with Gasteiger partial charge in [-0.25, -0.2) is 9.78 Å². The van der Waals surface area contributed by atoms with E-state index in [0.29, 0.717) is 11.4 Å². The first kappa shape index (κ1) is 19.8. The molecule has 3 rings (SSSR count). The number of aromatic nitrogens is 1. The topological polar surface area (TPSA) is 80.7 Å². The van der Waals surface area contributed by atoms with Crippen LogP contribution in [0.25, 0.3) is 16.6 Å². The molecule has 0 unspecified atom stereocenters. The lowest BCUT2D eigenvalue weighted by Gasteiger charge is -2.10. The van der Waals surface area contributed by atoms with E-state index in [4.69, 9.17) is 14.6 Å². The lowest BCUT2D eigenvalue weighted by molar-refractivity contribution is 0.0696. The second kappa shape index (κ2) is 9.29. The van der Waals surface area contributed by atoms with E-state index in [-0.39, 0.29) is 5.56 Å². The Kier molecular flexibility index (Phi) is 6.57. The van der Waals surface area contributed by atoms with Crippen LogP contribution in [0.15, 0.2) is 59.1 Å². The average Bonchev–Trinajstić information content (AvgIpc) is 3.20. The highest BCUT2D eigenvalue weighted by Gasteiger charge is 2.11. The monoisotopic (exact) mass is 414 g/mol. The van der Waals surface area contributed by atoms with E-state index < -0.39 is 5.97 Å². The minimum Gasteiger partial charge on any atom is -0.504 e. The van der Waals surface area contributed by atoms with Crippen LogP contribution in [0.1, 0.15) is 15.9 Å². The Labute approximate surface area is 171 Å². The van der Waals surface area contributed by atoms with Gasteiger partial charge in [-0.1, -0.05) is 24.3 Å². The highest BCUT2D eigenvalue weighted by atomic mass is 32.2. The van der Waals surface area contributed by atoms with Gasteiger partial charge in [0.15, 0.2) is 0 Å². The molecule has 144 valence electrons. The Morgan fingerprint density at radius 2 is 2.00 bits per heavy atom. The predicted molar refractivity (Wildman–Crippen MR) is 113 cm³/mol. The highest BCUT2D eigenvalue weighted by Crippen LogP contribution is 2.32. The lowest BCUT2D eigenvalue weighted by Crippen LogP contribution is -1.99. The van der Waals surface area contributed by atoms with Crippen molar-refractivity contribution in [2.75, 3.05) is 18.9 Å². The van der Waals surface area contributed by atoms with Gasteiger partial charge in [0.05, 0.1) is 31.7 Å². The Morgan fingerprint density at radius 1 is 1.21 bits per heavy atom. The standard InChI is InChI=1S/C20H18N2O4S2/c1-25-10-9-13-3-5-14(6-4-13)19-21-18(12-27-19)28-22-16-8-7-15(20(23)24)11-17(16)26-2/h3-12,22H,1-2H3,(H,23,24)/b10-9+. The number of ether oxygens (including phenoxy) is 2. The third-order valence-electron chi connectivity index (χ3n) is 3.75. The van der Waals surface area contributed by atoms with Crippen molar-refractivity contribution in [1.82, 2.24) is 4.98 Å². The van der Waals surface area contributed by atoms with Gasteiger partial charge in [0.25, 0.3) is 0 Å². The van der Waals surface area contributed by atoms with E-state index in [0.717, 1.165) is 21.2 Å². The molecule has 2 aromatic carbocycles. The van der Waals surface area contributed by atoms with Crippen molar-refractivity contribution >= 4 is 41.0 Å². The fourth-order valence-electron chi connectivity index (χ4n) is 2.34. The van der Waals surface area contributed by atoms with E-state index in [1.54, 1.807) is 30.8 Å². The maximum absolute atomic E-state index is 11.1. The lowest BCUT2D eigenvalue weighted by atomic mass is 10.1. The molecule has 0 saturated heterocycles. The van der Waals surface area contributed by atoms with Gasteiger partial charge in [-0.3, -0.25) is 0 Å². The molecule has 2 N–H and O–H groups in total. The fraction of sp³-hybridized carbons (Fsp3) is 0.100. The van der Waals surface area contributed by atoms with Crippen molar-refractivity contribution in [3.63, 3.8) is 0 Å². The van der Waals surface area contributed by atoms with Crippen LogP contribution in [-0.4, -0.2) is 30.3 Å². The molecule has 28 heavy (non-hydrogen) atoms. The minimum atomic E-state index is -0.995. The number of carbonyl (C=O) groups is 1. The third-order valence-corrected chi connectivity index (χ3v) is 5.53. The predicted octanol–water partition coefficient (Wildman–Crippen LogP) is 5.25. The van der Waals surface area contributed by atoms with Gasteiger partial charge in [0.1, 0.15) is 15.8 Å². The second-order valence-electron chi connectivity index (χ2n) is 5.58. The summed E-state index contributed by atoms with van der Waals surface area (Å²) in [6.07, 6.45) is 3.52. The van der Waals surface area contributed by atoms with Crippen LogP contribution in [0.3, 0.4) is 0 Å². The van der Waals surface area contributed by atoms with Gasteiger partial charge in [-0.05, 0) is 29.8 Å². The molecule has 1 aromatic heterocycles. The van der Waals surface area contributed by atoms with Crippen LogP contribution in [0.2, 0.25) is 0 Å². The molecule has 0 radical (unpaired) electrons. The highest BCUT2D eigenvalue weighted by molar-refractivity contribution is 8.00. The van der Waals surface area contributed by atoms with Crippen LogP contribution < -0.4 is 9.46 Å². The van der Waals surface area contributed by atoms with Crippen molar-refractivity contribution in [3.8, 4) is 16.3 Å². The SMILES string of the molecule is CO/C=C/c1ccc(-c2nc(SNc3ccc(C(=O)O)cc3OC)cs2)cc1. The number of hydrogen-bond donors (Lipinski definition) is 2. The molecule has 6 nitrogen and oxygen atoms in total. The number of thiazole rings is 1. The number of carboxylic acid groups (broad SMARTS) is 1. The van der Waals surface area contributed by atoms with E-state index in [1.165, 1.54) is 31.2 Å². The molecule has 0 aliphatic rings. The molecule has 0 amide bonds. The summed E-state index contributed by atoms with van der Waals surface area (Å²) >= 11 is 2.90. The van der Waals surface area contributed by atoms with Crippen LogP contribution in [0.5, 0.6) is 5.75 Å². The van der Waals surface area contributed by atoms with E-state index in [1.807, 2.05) is 35.7 Å². The Bertz CT molecular complexity index is 984. The molecule has 0 aliphatic carbocycles. The summed E-state index contributed by atoms with van der Waals surface area (Å²) < 4.78 is 13.4. The number of methoxy groups -OCH3 is 2. The number of aromatic carboxylic acids is 1. The molecule has 0 bridgehead atoms. The van der Waals surface area contributed by atoms with Gasteiger partial charge in [-0.2, -0.15) is 0 Å². The molecule has 0 aliphatic heterocycles. The number of hydrogen-bond acceptors (Lipinski definition) is 7. The molecule has 0 saturated carbocycles. The second-order valence-corrected chi connectivity index (χ2v) is 7.26. The zero-order valence-corrected chi connectivity index (χ0v) is 16.8. The van der Waals surface area contributed by atoms with Crippen molar-refractivity contribution < 1.29 is 19.4 Å². The zero-order chi connectivity index (χ0) is 19.9. The summed E-state index contributed by atoms with van der Waals surface area (Å²) in [5, 5.41) is 12.8. The number of nitrogens with one attached hydrogen (secondary N) is 1. The number of carboxylic acids is 1. The first-order chi connectivity index (χ1) is 13.6. The first-order valence-corrected chi connectivity index (χ1v) is 9.90. The Balaban J connectivity index is 1.68. The van der Waals surface area contributed by atoms with Crippen molar-refractivity contribution in [1.29, 1.82) is 0 Å². The first-order valence-electron chi connectivity index (χ1n) is 8.20. The van der Waals surface area contributed by atoms with Crippen molar-refractivity contribution in [2.45, 2.75) is 5.03 Å². The molecule has 1 heterocycles. The van der Waals surface area contributed by atoms with Crippen LogP contribution in [0, 0.1) is 0 Å². The molecule has 0 atom stereocenters. The van der Waals surface area contributed by atoms with Gasteiger partial charge >= 0.3 is 5.97 Å². The largest absolute Gasteiger partial charge is 0.504 e. The number of benzene rings is 2. The van der Waals surface area contributed by atoms with Crippen LogP contribution in [0.4, 0.5) is 5.69 Å². The van der Waals surface area contributed by atoms with Crippen LogP contribution in [-0.2, 0) is 4.74 Å². The number of anilines is 1. The molecular formula is C20H18N2O4S2. The van der Waals surface area contributed by atoms with E-state index in [2.05, 4.69) is 9.71 Å². The molecule has 8 heteroatoms. The smallest absolute Gasteiger partial charge is 0.335 e. The van der Waals surface area contributed by atoms with E-state index >= 15 is 0 Å². The van der Waals surface area contributed by atoms with Gasteiger partial charge in [-0.15, -0.1) is 11.3 Å². The maximum atomic E-state index is 11.1. The number of nitrogens with zero attached hydrogens (tertiary/aromatic N) is 1. The summed E-state index contributed by atoms with van der Waals surface area (Å²) in [6, 6.07) is 12.7. The zero-order valence-electron chi connectivity index (χ0n) is 15.2. The summed E-state index contributed by atoms with van der Waals surface area (Å²) in [4.78, 5) is 15.7. The van der Waals surface area contributed by atoms with Crippen molar-refractivity contribution in [3.05, 3.63) is 65.2 Å². The van der Waals surface area contributed by atoms with Gasteiger partial charge in [0.2, 0.25) is 0 Å². The van der Waals surface area contributed by atoms with Crippen LogP contribution >= 0.6 is 23.3 Å². The Morgan fingerprint density at radius 3 is 2.68 bits per heavy atom.